The van der Waals surface area contributed by atoms with Crippen molar-refractivity contribution in [3.05, 3.63) is 0 Å². The molecule has 0 amide bonds. The van der Waals surface area contributed by atoms with Crippen LogP contribution < -0.4 is 5.32 Å². The number of carboxylic acid groups (broad SMARTS) is 1. The molecular formula is C10H19F2NO3. The summed E-state index contributed by atoms with van der Waals surface area (Å²) in [5.74, 6) is -0.915. The molecule has 16 heavy (non-hydrogen) atoms. The van der Waals surface area contributed by atoms with Gasteiger partial charge in [-0.3, -0.25) is 4.79 Å². The Bertz CT molecular complexity index is 191. The first kappa shape index (κ1) is 15.2. The van der Waals surface area contributed by atoms with Gasteiger partial charge < -0.3 is 15.2 Å². The summed E-state index contributed by atoms with van der Waals surface area (Å²) < 4.78 is 28.0. The highest BCUT2D eigenvalue weighted by atomic mass is 19.3. The van der Waals surface area contributed by atoms with E-state index >= 15 is 0 Å². The molecule has 2 N–H and O–H groups in total. The number of halogens is 2. The maximum absolute atomic E-state index is 11.7. The normalized spacial score (nSPS) is 13.0. The van der Waals surface area contributed by atoms with Gasteiger partial charge in [-0.2, -0.15) is 0 Å². The maximum Gasteiger partial charge on any atom is 0.320 e. The average molecular weight is 239 g/mol. The Kier molecular flexibility index (Phi) is 9.03. The van der Waals surface area contributed by atoms with Gasteiger partial charge >= 0.3 is 5.97 Å². The first-order valence-corrected chi connectivity index (χ1v) is 5.40. The lowest BCUT2D eigenvalue weighted by Gasteiger charge is -2.13. The van der Waals surface area contributed by atoms with Gasteiger partial charge in [0.1, 0.15) is 12.6 Å². The molecule has 0 heterocycles. The highest BCUT2D eigenvalue weighted by Gasteiger charge is 2.15. The van der Waals surface area contributed by atoms with Crippen molar-refractivity contribution >= 4 is 5.97 Å². The van der Waals surface area contributed by atoms with Gasteiger partial charge in [-0.15, -0.1) is 0 Å². The fourth-order valence-corrected chi connectivity index (χ4v) is 1.20. The van der Waals surface area contributed by atoms with E-state index in [1.165, 1.54) is 0 Å². The fourth-order valence-electron chi connectivity index (χ4n) is 1.20. The van der Waals surface area contributed by atoms with Crippen LogP contribution in [0.25, 0.3) is 0 Å². The van der Waals surface area contributed by atoms with Gasteiger partial charge in [0.2, 0.25) is 0 Å². The van der Waals surface area contributed by atoms with Gasteiger partial charge in [-0.25, -0.2) is 8.78 Å². The number of aliphatic carboxylic acids is 1. The fraction of sp³-hybridized carbons (Fsp3) is 0.900. The predicted octanol–water partition coefficient (Wildman–Crippen LogP) is 1.50. The summed E-state index contributed by atoms with van der Waals surface area (Å²) in [6.45, 7) is 1.74. The lowest BCUT2D eigenvalue weighted by Crippen LogP contribution is -2.38. The summed E-state index contributed by atoms with van der Waals surface area (Å²) in [6, 6.07) is -0.616. The predicted molar refractivity (Wildman–Crippen MR) is 55.8 cm³/mol. The van der Waals surface area contributed by atoms with Crippen molar-refractivity contribution in [2.24, 2.45) is 0 Å². The van der Waals surface area contributed by atoms with E-state index in [1.807, 2.05) is 6.92 Å². The molecular weight excluding hydrogens is 220 g/mol. The summed E-state index contributed by atoms with van der Waals surface area (Å²) in [6.07, 6.45) is -0.189. The van der Waals surface area contributed by atoms with Crippen LogP contribution in [0.1, 0.15) is 26.2 Å². The number of nitrogens with one attached hydrogen (secondary N) is 1. The Hall–Kier alpha value is -0.750. The van der Waals surface area contributed by atoms with Gasteiger partial charge in [0.25, 0.3) is 6.43 Å². The molecule has 0 bridgehead atoms. The maximum atomic E-state index is 11.7. The second-order valence-corrected chi connectivity index (χ2v) is 3.45. The number of carbonyl (C=O) groups is 1. The van der Waals surface area contributed by atoms with Crippen LogP contribution in [0.4, 0.5) is 8.78 Å². The molecule has 0 radical (unpaired) electrons. The second kappa shape index (κ2) is 9.47. The molecule has 0 aliphatic heterocycles. The largest absolute Gasteiger partial charge is 0.480 e. The zero-order chi connectivity index (χ0) is 12.4. The van der Waals surface area contributed by atoms with Gasteiger partial charge in [-0.05, 0) is 6.42 Å². The van der Waals surface area contributed by atoms with Crippen molar-refractivity contribution in [1.29, 1.82) is 0 Å². The first-order valence-electron chi connectivity index (χ1n) is 5.40. The molecule has 96 valence electrons. The van der Waals surface area contributed by atoms with Crippen LogP contribution in [0.15, 0.2) is 0 Å². The molecule has 4 nitrogen and oxygen atoms in total. The van der Waals surface area contributed by atoms with E-state index in [1.54, 1.807) is 0 Å². The van der Waals surface area contributed by atoms with Crippen LogP contribution in [-0.2, 0) is 9.53 Å². The number of ether oxygens (including phenoxy) is 1. The Morgan fingerprint density at radius 1 is 1.50 bits per heavy atom. The molecule has 0 saturated carbocycles. The molecule has 0 aliphatic carbocycles. The molecule has 0 saturated heterocycles. The van der Waals surface area contributed by atoms with E-state index < -0.39 is 25.0 Å². The van der Waals surface area contributed by atoms with Gasteiger partial charge in [-0.1, -0.05) is 19.8 Å². The zero-order valence-corrected chi connectivity index (χ0v) is 9.42. The minimum absolute atomic E-state index is 0.0975. The van der Waals surface area contributed by atoms with Crippen molar-refractivity contribution in [3.8, 4) is 0 Å². The summed E-state index contributed by atoms with van der Waals surface area (Å²) in [7, 11) is 0. The summed E-state index contributed by atoms with van der Waals surface area (Å²) >= 11 is 0. The lowest BCUT2D eigenvalue weighted by molar-refractivity contribution is -0.139. The summed E-state index contributed by atoms with van der Waals surface area (Å²) in [5.41, 5.74) is 0. The smallest absolute Gasteiger partial charge is 0.320 e. The summed E-state index contributed by atoms with van der Waals surface area (Å²) in [4.78, 5) is 10.8. The highest BCUT2D eigenvalue weighted by Crippen LogP contribution is 2.00. The Balaban J connectivity index is 3.56. The van der Waals surface area contributed by atoms with Gasteiger partial charge in [0.15, 0.2) is 0 Å². The number of hydrogen-bond donors (Lipinski definition) is 2. The Morgan fingerprint density at radius 2 is 2.19 bits per heavy atom. The van der Waals surface area contributed by atoms with Crippen molar-refractivity contribution in [1.82, 2.24) is 5.32 Å². The number of rotatable bonds is 10. The third-order valence-electron chi connectivity index (χ3n) is 2.03. The molecule has 1 unspecified atom stereocenters. The van der Waals surface area contributed by atoms with Crippen molar-refractivity contribution < 1.29 is 23.4 Å². The molecule has 6 heteroatoms. The molecule has 0 aliphatic rings. The van der Waals surface area contributed by atoms with Gasteiger partial charge in [0, 0.05) is 6.54 Å². The second-order valence-electron chi connectivity index (χ2n) is 3.45. The molecule has 0 rings (SSSR count). The minimum atomic E-state index is -2.48. The molecule has 0 aromatic carbocycles. The van der Waals surface area contributed by atoms with Crippen molar-refractivity contribution in [2.45, 2.75) is 38.7 Å². The van der Waals surface area contributed by atoms with E-state index in [4.69, 9.17) is 5.11 Å². The quantitative estimate of drug-likeness (QED) is 0.567. The third kappa shape index (κ3) is 8.55. The van der Waals surface area contributed by atoms with Crippen LogP contribution in [-0.4, -0.2) is 43.3 Å². The van der Waals surface area contributed by atoms with E-state index in [-0.39, 0.29) is 13.2 Å². The first-order chi connectivity index (χ1) is 7.57. The summed E-state index contributed by atoms with van der Waals surface area (Å²) in [5, 5.41) is 11.6. The molecule has 1 atom stereocenters. The van der Waals surface area contributed by atoms with E-state index in [9.17, 15) is 13.6 Å². The number of carboxylic acids is 1. The van der Waals surface area contributed by atoms with E-state index in [0.717, 1.165) is 12.8 Å². The van der Waals surface area contributed by atoms with Crippen LogP contribution in [0.3, 0.4) is 0 Å². The zero-order valence-electron chi connectivity index (χ0n) is 9.42. The number of unbranched alkanes of at least 4 members (excludes halogenated alkanes) is 1. The molecule has 0 aromatic heterocycles. The third-order valence-corrected chi connectivity index (χ3v) is 2.03. The molecule has 0 fully saturated rings. The monoisotopic (exact) mass is 239 g/mol. The molecule has 0 aromatic rings. The number of hydrogen-bond acceptors (Lipinski definition) is 3. The van der Waals surface area contributed by atoms with E-state index in [0.29, 0.717) is 6.42 Å². The van der Waals surface area contributed by atoms with Crippen LogP contribution >= 0.6 is 0 Å². The Morgan fingerprint density at radius 3 is 2.69 bits per heavy atom. The van der Waals surface area contributed by atoms with Crippen molar-refractivity contribution in [2.75, 3.05) is 19.8 Å². The van der Waals surface area contributed by atoms with Crippen LogP contribution in [0.2, 0.25) is 0 Å². The standard InChI is InChI=1S/C10H19F2NO3/c1-2-3-4-8(10(14)15)13-5-6-16-7-9(11)12/h8-9,13H,2-7H2,1H3,(H,14,15). The van der Waals surface area contributed by atoms with E-state index in [2.05, 4.69) is 10.1 Å². The van der Waals surface area contributed by atoms with Crippen LogP contribution in [0.5, 0.6) is 0 Å². The van der Waals surface area contributed by atoms with Crippen molar-refractivity contribution in [3.63, 3.8) is 0 Å². The minimum Gasteiger partial charge on any atom is -0.480 e. The SMILES string of the molecule is CCCCC(NCCOCC(F)F)C(=O)O. The Labute approximate surface area is 94.0 Å². The average Bonchev–Trinajstić information content (AvgIpc) is 2.21. The number of alkyl halides is 2. The van der Waals surface area contributed by atoms with Crippen LogP contribution in [0, 0.1) is 0 Å². The van der Waals surface area contributed by atoms with Gasteiger partial charge in [0.05, 0.1) is 6.61 Å². The lowest BCUT2D eigenvalue weighted by atomic mass is 10.1. The molecule has 0 spiro atoms. The highest BCUT2D eigenvalue weighted by molar-refractivity contribution is 5.73. The topological polar surface area (TPSA) is 58.6 Å².